The maximum atomic E-state index is 12.2. The van der Waals surface area contributed by atoms with E-state index in [-0.39, 0.29) is 25.7 Å². The minimum atomic E-state index is -0.920. The Morgan fingerprint density at radius 2 is 2.05 bits per heavy atom. The van der Waals surface area contributed by atoms with E-state index in [2.05, 4.69) is 0 Å². The van der Waals surface area contributed by atoms with Crippen molar-refractivity contribution in [3.05, 3.63) is 23.8 Å². The summed E-state index contributed by atoms with van der Waals surface area (Å²) in [5, 5.41) is 8.66. The Kier molecular flexibility index (Phi) is 3.89. The van der Waals surface area contributed by atoms with Crippen LogP contribution < -0.4 is 9.47 Å². The third kappa shape index (κ3) is 2.96. The molecule has 1 aliphatic heterocycles. The Morgan fingerprint density at radius 1 is 1.32 bits per heavy atom. The van der Waals surface area contributed by atoms with E-state index < -0.39 is 5.97 Å². The second-order valence-electron chi connectivity index (χ2n) is 4.10. The Morgan fingerprint density at radius 3 is 2.74 bits per heavy atom. The molecule has 6 nitrogen and oxygen atoms in total. The molecular formula is C13H15NO5. The molecule has 0 unspecified atom stereocenters. The summed E-state index contributed by atoms with van der Waals surface area (Å²) in [4.78, 5) is 24.3. The molecule has 0 saturated heterocycles. The molecule has 0 aliphatic carbocycles. The average Bonchev–Trinajstić information content (AvgIpc) is 2.85. The lowest BCUT2D eigenvalue weighted by molar-refractivity contribution is -0.137. The van der Waals surface area contributed by atoms with Crippen molar-refractivity contribution in [2.24, 2.45) is 0 Å². The van der Waals surface area contributed by atoms with Gasteiger partial charge in [0.1, 0.15) is 0 Å². The molecular weight excluding hydrogens is 250 g/mol. The molecule has 0 aromatic heterocycles. The Balaban J connectivity index is 2.11. The number of carbonyl (C=O) groups excluding carboxylic acids is 1. The first kappa shape index (κ1) is 13.2. The van der Waals surface area contributed by atoms with Crippen molar-refractivity contribution in [3.8, 4) is 11.5 Å². The molecule has 0 bridgehead atoms. The van der Waals surface area contributed by atoms with E-state index in [9.17, 15) is 9.59 Å². The third-order valence-corrected chi connectivity index (χ3v) is 2.88. The number of nitrogens with zero attached hydrogens (tertiary/aromatic N) is 1. The quantitative estimate of drug-likeness (QED) is 0.869. The number of hydrogen-bond acceptors (Lipinski definition) is 4. The van der Waals surface area contributed by atoms with Crippen LogP contribution in [0.25, 0.3) is 0 Å². The van der Waals surface area contributed by atoms with Crippen molar-refractivity contribution in [3.63, 3.8) is 0 Å². The molecule has 0 spiro atoms. The molecule has 0 fully saturated rings. The highest BCUT2D eigenvalue weighted by atomic mass is 16.7. The number of rotatable bonds is 5. The van der Waals surface area contributed by atoms with Gasteiger partial charge in [-0.1, -0.05) is 0 Å². The summed E-state index contributed by atoms with van der Waals surface area (Å²) < 4.78 is 10.4. The van der Waals surface area contributed by atoms with E-state index in [1.807, 2.05) is 6.92 Å². The van der Waals surface area contributed by atoms with Gasteiger partial charge >= 0.3 is 5.97 Å². The highest BCUT2D eigenvalue weighted by Gasteiger charge is 2.19. The standard InChI is InChI=1S/C13H15NO5/c1-2-14(6-5-12(15)16)13(17)9-3-4-10-11(7-9)19-8-18-10/h3-4,7H,2,5-6,8H2,1H3,(H,15,16). The van der Waals surface area contributed by atoms with Gasteiger partial charge in [-0.15, -0.1) is 0 Å². The van der Waals surface area contributed by atoms with Gasteiger partial charge in [-0.25, -0.2) is 0 Å². The second kappa shape index (κ2) is 5.60. The van der Waals surface area contributed by atoms with Gasteiger partial charge in [0.25, 0.3) is 5.91 Å². The van der Waals surface area contributed by atoms with Crippen LogP contribution in [0.3, 0.4) is 0 Å². The molecule has 0 saturated carbocycles. The number of carboxylic acid groups (broad SMARTS) is 1. The maximum absolute atomic E-state index is 12.2. The number of fused-ring (bicyclic) bond motifs is 1. The first-order chi connectivity index (χ1) is 9.11. The van der Waals surface area contributed by atoms with E-state index in [1.165, 1.54) is 4.90 Å². The van der Waals surface area contributed by atoms with Crippen LogP contribution in [-0.4, -0.2) is 41.8 Å². The summed E-state index contributed by atoms with van der Waals surface area (Å²) in [5.74, 6) is 0.0317. The van der Waals surface area contributed by atoms with Crippen molar-refractivity contribution < 1.29 is 24.2 Å². The van der Waals surface area contributed by atoms with Gasteiger partial charge in [-0.05, 0) is 25.1 Å². The monoisotopic (exact) mass is 265 g/mol. The van der Waals surface area contributed by atoms with Crippen molar-refractivity contribution in [2.75, 3.05) is 19.9 Å². The molecule has 6 heteroatoms. The zero-order valence-corrected chi connectivity index (χ0v) is 10.6. The van der Waals surface area contributed by atoms with Crippen LogP contribution in [0.5, 0.6) is 11.5 Å². The summed E-state index contributed by atoms with van der Waals surface area (Å²) in [6.07, 6.45) is -0.0653. The molecule has 0 atom stereocenters. The Bertz CT molecular complexity index is 500. The number of carbonyl (C=O) groups is 2. The van der Waals surface area contributed by atoms with Crippen LogP contribution in [0.1, 0.15) is 23.7 Å². The predicted molar refractivity (Wildman–Crippen MR) is 66.4 cm³/mol. The van der Waals surface area contributed by atoms with Gasteiger partial charge in [-0.2, -0.15) is 0 Å². The fourth-order valence-electron chi connectivity index (χ4n) is 1.85. The molecule has 1 aromatic carbocycles. The van der Waals surface area contributed by atoms with Crippen molar-refractivity contribution in [1.82, 2.24) is 4.90 Å². The summed E-state index contributed by atoms with van der Waals surface area (Å²) in [6, 6.07) is 4.95. The summed E-state index contributed by atoms with van der Waals surface area (Å²) in [6.45, 7) is 2.62. The van der Waals surface area contributed by atoms with Crippen molar-refractivity contribution >= 4 is 11.9 Å². The number of hydrogen-bond donors (Lipinski definition) is 1. The molecule has 0 radical (unpaired) electrons. The van der Waals surface area contributed by atoms with Gasteiger partial charge in [0, 0.05) is 18.7 Å². The summed E-state index contributed by atoms with van der Waals surface area (Å²) in [5.41, 5.74) is 0.469. The average molecular weight is 265 g/mol. The molecule has 2 rings (SSSR count). The topological polar surface area (TPSA) is 76.1 Å². The lowest BCUT2D eigenvalue weighted by Gasteiger charge is -2.20. The summed E-state index contributed by atoms with van der Waals surface area (Å²) >= 11 is 0. The van der Waals surface area contributed by atoms with E-state index in [1.54, 1.807) is 18.2 Å². The second-order valence-corrected chi connectivity index (χ2v) is 4.10. The lowest BCUT2D eigenvalue weighted by atomic mass is 10.1. The molecule has 102 valence electrons. The number of benzene rings is 1. The van der Waals surface area contributed by atoms with Crippen molar-refractivity contribution in [1.29, 1.82) is 0 Å². The van der Waals surface area contributed by atoms with Crippen LogP contribution in [0, 0.1) is 0 Å². The van der Waals surface area contributed by atoms with Crippen molar-refractivity contribution in [2.45, 2.75) is 13.3 Å². The smallest absolute Gasteiger partial charge is 0.305 e. The minimum absolute atomic E-state index is 0.0653. The minimum Gasteiger partial charge on any atom is -0.481 e. The molecule has 19 heavy (non-hydrogen) atoms. The fraction of sp³-hybridized carbons (Fsp3) is 0.385. The molecule has 1 amide bonds. The number of amides is 1. The largest absolute Gasteiger partial charge is 0.481 e. The van der Waals surface area contributed by atoms with E-state index in [4.69, 9.17) is 14.6 Å². The normalized spacial score (nSPS) is 12.3. The first-order valence-corrected chi connectivity index (χ1v) is 6.02. The van der Waals surface area contributed by atoms with Gasteiger partial charge < -0.3 is 19.5 Å². The SMILES string of the molecule is CCN(CCC(=O)O)C(=O)c1ccc2c(c1)OCO2. The van der Waals surface area contributed by atoms with Gasteiger partial charge in [0.15, 0.2) is 11.5 Å². The molecule has 1 aliphatic rings. The highest BCUT2D eigenvalue weighted by molar-refractivity contribution is 5.95. The number of aliphatic carboxylic acids is 1. The summed E-state index contributed by atoms with van der Waals surface area (Å²) in [7, 11) is 0. The number of carboxylic acids is 1. The Labute approximate surface area is 110 Å². The molecule has 1 N–H and O–H groups in total. The third-order valence-electron chi connectivity index (χ3n) is 2.88. The Hall–Kier alpha value is -2.24. The maximum Gasteiger partial charge on any atom is 0.305 e. The van der Waals surface area contributed by atoms with E-state index in [0.717, 1.165) is 0 Å². The van der Waals surface area contributed by atoms with E-state index >= 15 is 0 Å². The van der Waals surface area contributed by atoms with E-state index in [0.29, 0.717) is 23.6 Å². The van der Waals surface area contributed by atoms with Crippen LogP contribution in [0.15, 0.2) is 18.2 Å². The first-order valence-electron chi connectivity index (χ1n) is 6.02. The van der Waals surface area contributed by atoms with Crippen LogP contribution >= 0.6 is 0 Å². The number of ether oxygens (including phenoxy) is 2. The molecule has 1 heterocycles. The zero-order chi connectivity index (χ0) is 13.8. The molecule has 1 aromatic rings. The van der Waals surface area contributed by atoms with Crippen LogP contribution in [0.2, 0.25) is 0 Å². The van der Waals surface area contributed by atoms with Crippen LogP contribution in [0.4, 0.5) is 0 Å². The highest BCUT2D eigenvalue weighted by Crippen LogP contribution is 2.32. The predicted octanol–water partition coefficient (Wildman–Crippen LogP) is 1.35. The lowest BCUT2D eigenvalue weighted by Crippen LogP contribution is -2.32. The van der Waals surface area contributed by atoms with Gasteiger partial charge in [0.05, 0.1) is 6.42 Å². The van der Waals surface area contributed by atoms with Crippen LogP contribution in [-0.2, 0) is 4.79 Å². The van der Waals surface area contributed by atoms with Gasteiger partial charge in [0.2, 0.25) is 6.79 Å². The fourth-order valence-corrected chi connectivity index (χ4v) is 1.85. The van der Waals surface area contributed by atoms with Gasteiger partial charge in [-0.3, -0.25) is 9.59 Å². The zero-order valence-electron chi connectivity index (χ0n) is 10.6.